The molecule has 102 valence electrons. The minimum Gasteiger partial charge on any atom is -0.481 e. The topological polar surface area (TPSA) is 39.2 Å². The van der Waals surface area contributed by atoms with Crippen LogP contribution in [0.5, 0.6) is 5.88 Å². The zero-order valence-corrected chi connectivity index (χ0v) is 13.1. The molecule has 1 aliphatic rings. The fourth-order valence-electron chi connectivity index (χ4n) is 2.56. The Kier molecular flexibility index (Phi) is 4.09. The van der Waals surface area contributed by atoms with Gasteiger partial charge in [-0.25, -0.2) is 4.98 Å². The summed E-state index contributed by atoms with van der Waals surface area (Å²) in [6.07, 6.45) is 5.44. The van der Waals surface area contributed by atoms with Gasteiger partial charge in [-0.2, -0.15) is 0 Å². The highest BCUT2D eigenvalue weighted by atomic mass is 79.9. The van der Waals surface area contributed by atoms with Gasteiger partial charge in [0, 0.05) is 16.2 Å². The average molecular weight is 324 g/mol. The monoisotopic (exact) mass is 323 g/mol. The summed E-state index contributed by atoms with van der Waals surface area (Å²) >= 11 is 3.43. The third kappa shape index (κ3) is 3.06. The number of carbonyl (C=O) groups excluding carboxylic acids is 1. The number of allylic oxidation sites excluding steroid dienone is 2. The van der Waals surface area contributed by atoms with Crippen LogP contribution in [-0.2, 0) is 4.79 Å². The summed E-state index contributed by atoms with van der Waals surface area (Å²) in [5, 5.41) is 0. The highest BCUT2D eigenvalue weighted by Crippen LogP contribution is 2.43. The van der Waals surface area contributed by atoms with Crippen molar-refractivity contribution in [2.75, 3.05) is 7.11 Å². The normalized spacial score (nSPS) is 18.3. The standard InChI is InChI=1S/C15H18BrNO2/c1-15(2)5-4-12(10(7-15)9-18)13-6-11(16)8-17-14(13)19-3/h6,8-9H,4-5,7H2,1-3H3. The van der Waals surface area contributed by atoms with E-state index in [-0.39, 0.29) is 5.41 Å². The molecule has 2 rings (SSSR count). The number of methoxy groups -OCH3 is 1. The summed E-state index contributed by atoms with van der Waals surface area (Å²) in [5.74, 6) is 0.581. The van der Waals surface area contributed by atoms with Gasteiger partial charge >= 0.3 is 0 Å². The lowest BCUT2D eigenvalue weighted by Crippen LogP contribution is -2.19. The molecule has 0 N–H and O–H groups in total. The van der Waals surface area contributed by atoms with Crippen molar-refractivity contribution in [2.45, 2.75) is 33.1 Å². The smallest absolute Gasteiger partial charge is 0.220 e. The fraction of sp³-hybridized carbons (Fsp3) is 0.467. The zero-order chi connectivity index (χ0) is 14.0. The molecule has 3 nitrogen and oxygen atoms in total. The molecule has 0 saturated heterocycles. The molecule has 0 spiro atoms. The Morgan fingerprint density at radius 1 is 1.47 bits per heavy atom. The minimum atomic E-state index is 0.187. The molecule has 0 fully saturated rings. The van der Waals surface area contributed by atoms with Crippen LogP contribution in [0, 0.1) is 5.41 Å². The largest absolute Gasteiger partial charge is 0.481 e. The number of ether oxygens (including phenoxy) is 1. The first kappa shape index (κ1) is 14.3. The van der Waals surface area contributed by atoms with Crippen LogP contribution in [0.25, 0.3) is 5.57 Å². The number of nitrogens with zero attached hydrogens (tertiary/aromatic N) is 1. The molecule has 0 atom stereocenters. The van der Waals surface area contributed by atoms with Crippen molar-refractivity contribution in [1.82, 2.24) is 4.98 Å². The number of rotatable bonds is 3. The highest BCUT2D eigenvalue weighted by molar-refractivity contribution is 9.10. The van der Waals surface area contributed by atoms with E-state index in [2.05, 4.69) is 34.8 Å². The molecule has 0 radical (unpaired) electrons. The van der Waals surface area contributed by atoms with Crippen LogP contribution in [0.2, 0.25) is 0 Å². The Balaban J connectivity index is 2.53. The number of aldehydes is 1. The van der Waals surface area contributed by atoms with Gasteiger partial charge < -0.3 is 4.74 Å². The minimum absolute atomic E-state index is 0.187. The SMILES string of the molecule is COc1ncc(Br)cc1C1=C(C=O)CC(C)(C)CC1. The van der Waals surface area contributed by atoms with Gasteiger partial charge in [0.1, 0.15) is 6.29 Å². The second-order valence-corrected chi connectivity index (χ2v) is 6.59. The maximum Gasteiger partial charge on any atom is 0.220 e. The summed E-state index contributed by atoms with van der Waals surface area (Å²) in [5.41, 5.74) is 3.05. The summed E-state index contributed by atoms with van der Waals surface area (Å²) in [7, 11) is 1.60. The van der Waals surface area contributed by atoms with Crippen molar-refractivity contribution in [3.63, 3.8) is 0 Å². The molecule has 0 aliphatic heterocycles. The number of hydrogen-bond donors (Lipinski definition) is 0. The van der Waals surface area contributed by atoms with E-state index in [0.29, 0.717) is 5.88 Å². The Hall–Kier alpha value is -1.16. The van der Waals surface area contributed by atoms with Crippen molar-refractivity contribution >= 4 is 27.8 Å². The van der Waals surface area contributed by atoms with Gasteiger partial charge in [-0.1, -0.05) is 13.8 Å². The van der Waals surface area contributed by atoms with Crippen molar-refractivity contribution in [3.8, 4) is 5.88 Å². The van der Waals surface area contributed by atoms with Gasteiger partial charge in [0.15, 0.2) is 0 Å². The Bertz CT molecular complexity index is 535. The summed E-state index contributed by atoms with van der Waals surface area (Å²) in [6.45, 7) is 4.40. The Morgan fingerprint density at radius 2 is 2.21 bits per heavy atom. The van der Waals surface area contributed by atoms with E-state index in [4.69, 9.17) is 4.74 Å². The fourth-order valence-corrected chi connectivity index (χ4v) is 2.89. The number of aromatic nitrogens is 1. The zero-order valence-electron chi connectivity index (χ0n) is 11.5. The lowest BCUT2D eigenvalue weighted by Gasteiger charge is -2.31. The molecule has 4 heteroatoms. The van der Waals surface area contributed by atoms with E-state index < -0.39 is 0 Å². The number of pyridine rings is 1. The van der Waals surface area contributed by atoms with Crippen molar-refractivity contribution < 1.29 is 9.53 Å². The molecule has 1 aliphatic carbocycles. The first-order valence-electron chi connectivity index (χ1n) is 6.34. The third-order valence-corrected chi connectivity index (χ3v) is 4.02. The van der Waals surface area contributed by atoms with Crippen LogP contribution in [-0.4, -0.2) is 18.4 Å². The lowest BCUT2D eigenvalue weighted by molar-refractivity contribution is -0.105. The van der Waals surface area contributed by atoms with E-state index in [9.17, 15) is 4.79 Å². The number of halogens is 1. The molecular weight excluding hydrogens is 306 g/mol. The number of hydrogen-bond acceptors (Lipinski definition) is 3. The van der Waals surface area contributed by atoms with Crippen molar-refractivity contribution in [2.24, 2.45) is 5.41 Å². The van der Waals surface area contributed by atoms with Gasteiger partial charge in [-0.05, 0) is 57.8 Å². The second-order valence-electron chi connectivity index (χ2n) is 5.67. The maximum absolute atomic E-state index is 11.4. The van der Waals surface area contributed by atoms with Crippen LogP contribution >= 0.6 is 15.9 Å². The van der Waals surface area contributed by atoms with Crippen LogP contribution in [0.1, 0.15) is 38.7 Å². The molecule has 1 aromatic rings. The molecule has 1 heterocycles. The van der Waals surface area contributed by atoms with Crippen LogP contribution in [0.4, 0.5) is 0 Å². The molecule has 0 saturated carbocycles. The van der Waals surface area contributed by atoms with Gasteiger partial charge in [0.2, 0.25) is 5.88 Å². The van der Waals surface area contributed by atoms with E-state index in [1.165, 1.54) is 0 Å². The molecule has 0 unspecified atom stereocenters. The molecule has 0 amide bonds. The first-order chi connectivity index (χ1) is 8.96. The highest BCUT2D eigenvalue weighted by Gasteiger charge is 2.28. The van der Waals surface area contributed by atoms with E-state index in [1.54, 1.807) is 13.3 Å². The van der Waals surface area contributed by atoms with Gasteiger partial charge in [-0.15, -0.1) is 0 Å². The summed E-state index contributed by atoms with van der Waals surface area (Å²) in [6, 6.07) is 1.98. The van der Waals surface area contributed by atoms with E-state index in [1.807, 2.05) is 6.07 Å². The quantitative estimate of drug-likeness (QED) is 0.789. The van der Waals surface area contributed by atoms with E-state index in [0.717, 1.165) is 46.7 Å². The first-order valence-corrected chi connectivity index (χ1v) is 7.13. The second kappa shape index (κ2) is 5.45. The third-order valence-electron chi connectivity index (χ3n) is 3.59. The molecule has 0 bridgehead atoms. The molecule has 1 aromatic heterocycles. The molecule has 0 aromatic carbocycles. The van der Waals surface area contributed by atoms with Crippen molar-refractivity contribution in [3.05, 3.63) is 27.9 Å². The molecule has 19 heavy (non-hydrogen) atoms. The van der Waals surface area contributed by atoms with Crippen LogP contribution in [0.15, 0.2) is 22.3 Å². The van der Waals surface area contributed by atoms with E-state index >= 15 is 0 Å². The average Bonchev–Trinajstić information content (AvgIpc) is 2.37. The predicted octanol–water partition coefficient (Wildman–Crippen LogP) is 4.02. The lowest BCUT2D eigenvalue weighted by atomic mass is 9.73. The molecular formula is C15H18BrNO2. The maximum atomic E-state index is 11.4. The predicted molar refractivity (Wildman–Crippen MR) is 79.1 cm³/mol. The van der Waals surface area contributed by atoms with Crippen LogP contribution in [0.3, 0.4) is 0 Å². The summed E-state index contributed by atoms with van der Waals surface area (Å²) < 4.78 is 6.21. The van der Waals surface area contributed by atoms with Crippen LogP contribution < -0.4 is 4.74 Å². The van der Waals surface area contributed by atoms with Crippen molar-refractivity contribution in [1.29, 1.82) is 0 Å². The summed E-state index contributed by atoms with van der Waals surface area (Å²) in [4.78, 5) is 15.6. The van der Waals surface area contributed by atoms with Gasteiger partial charge in [-0.3, -0.25) is 4.79 Å². The van der Waals surface area contributed by atoms with Gasteiger partial charge in [0.05, 0.1) is 7.11 Å². The van der Waals surface area contributed by atoms with Gasteiger partial charge in [0.25, 0.3) is 0 Å². The number of carbonyl (C=O) groups is 1. The Morgan fingerprint density at radius 3 is 2.84 bits per heavy atom. The Labute approximate surface area is 122 Å².